The summed E-state index contributed by atoms with van der Waals surface area (Å²) in [5, 5.41) is 13.2. The third kappa shape index (κ3) is 9.62. The number of primary amides is 1. The topological polar surface area (TPSA) is 168 Å². The van der Waals surface area contributed by atoms with Crippen molar-refractivity contribution < 1.29 is 27.9 Å². The molecule has 0 aliphatic heterocycles. The molecule has 0 radical (unpaired) electrons. The molecule has 0 spiro atoms. The van der Waals surface area contributed by atoms with Gasteiger partial charge in [-0.15, -0.1) is 0 Å². The van der Waals surface area contributed by atoms with Gasteiger partial charge >= 0.3 is 12.0 Å². The minimum Gasteiger partial charge on any atom is -0.480 e. The number of carbonyl (C=O) groups excluding carboxylic acids is 2. The van der Waals surface area contributed by atoms with E-state index in [1.165, 1.54) is 13.8 Å². The maximum atomic E-state index is 11.5. The van der Waals surface area contributed by atoms with Crippen LogP contribution in [0.5, 0.6) is 0 Å². The van der Waals surface area contributed by atoms with Crippen LogP contribution in [0.3, 0.4) is 0 Å². The van der Waals surface area contributed by atoms with E-state index in [4.69, 9.17) is 10.8 Å². The Bertz CT molecular complexity index is 516. The van der Waals surface area contributed by atoms with Gasteiger partial charge in [0.1, 0.15) is 6.04 Å². The van der Waals surface area contributed by atoms with E-state index in [-0.39, 0.29) is 6.54 Å². The number of amides is 3. The van der Waals surface area contributed by atoms with E-state index < -0.39 is 45.9 Å². The van der Waals surface area contributed by atoms with Crippen LogP contribution in [0.4, 0.5) is 4.79 Å². The van der Waals surface area contributed by atoms with E-state index in [1.54, 1.807) is 0 Å². The lowest BCUT2D eigenvalue weighted by Gasteiger charge is -2.25. The highest BCUT2D eigenvalue weighted by Gasteiger charge is 2.25. The molecule has 10 nitrogen and oxygen atoms in total. The Kier molecular flexibility index (Phi) is 6.57. The van der Waals surface area contributed by atoms with Crippen LogP contribution in [0.1, 0.15) is 20.3 Å². The van der Waals surface area contributed by atoms with E-state index in [1.807, 2.05) is 0 Å². The largest absolute Gasteiger partial charge is 0.480 e. The van der Waals surface area contributed by atoms with Gasteiger partial charge in [-0.05, 0) is 13.8 Å². The molecule has 0 saturated carbocycles. The monoisotopic (exact) mass is 324 g/mol. The fourth-order valence-corrected chi connectivity index (χ4v) is 2.53. The number of carbonyl (C=O) groups is 3. The molecule has 0 aromatic rings. The van der Waals surface area contributed by atoms with Crippen LogP contribution in [0.25, 0.3) is 0 Å². The normalized spacial score (nSPS) is 13.3. The molecule has 6 N–H and O–H groups in total. The predicted molar refractivity (Wildman–Crippen MR) is 73.8 cm³/mol. The third-order valence-electron chi connectivity index (χ3n) is 2.16. The first-order valence-corrected chi connectivity index (χ1v) is 7.76. The molecule has 0 aliphatic rings. The Morgan fingerprint density at radius 1 is 1.29 bits per heavy atom. The van der Waals surface area contributed by atoms with E-state index in [2.05, 4.69) is 15.4 Å². The van der Waals surface area contributed by atoms with Crippen LogP contribution in [-0.2, 0) is 19.6 Å². The molecule has 122 valence electrons. The smallest absolute Gasteiger partial charge is 0.326 e. The summed E-state index contributed by atoms with van der Waals surface area (Å²) in [5.41, 5.74) is 3.90. The molecule has 21 heavy (non-hydrogen) atoms. The average molecular weight is 324 g/mol. The fraction of sp³-hybridized carbons (Fsp3) is 0.700. The lowest BCUT2D eigenvalue weighted by molar-refractivity contribution is -0.140. The van der Waals surface area contributed by atoms with Gasteiger partial charge in [-0.1, -0.05) is 0 Å². The highest BCUT2D eigenvalue weighted by molar-refractivity contribution is 7.88. The van der Waals surface area contributed by atoms with E-state index >= 15 is 0 Å². The molecular weight excluding hydrogens is 304 g/mol. The van der Waals surface area contributed by atoms with Crippen LogP contribution >= 0.6 is 0 Å². The van der Waals surface area contributed by atoms with E-state index in [9.17, 15) is 22.8 Å². The summed E-state index contributed by atoms with van der Waals surface area (Å²) in [6.07, 6.45) is 0.426. The first kappa shape index (κ1) is 19.1. The molecule has 1 atom stereocenters. The number of carboxylic acid groups (broad SMARTS) is 1. The summed E-state index contributed by atoms with van der Waals surface area (Å²) in [6, 6.07) is -2.31. The van der Waals surface area contributed by atoms with E-state index in [0.29, 0.717) is 0 Å². The predicted octanol–water partition coefficient (Wildman–Crippen LogP) is -2.06. The fourth-order valence-electron chi connectivity index (χ4n) is 1.45. The minimum absolute atomic E-state index is 0.0885. The number of nitrogens with two attached hydrogens (primary N) is 1. The van der Waals surface area contributed by atoms with Crippen molar-refractivity contribution in [1.82, 2.24) is 15.4 Å². The van der Waals surface area contributed by atoms with Crippen molar-refractivity contribution in [3.8, 4) is 0 Å². The van der Waals surface area contributed by atoms with Crippen molar-refractivity contribution in [2.24, 2.45) is 5.73 Å². The summed E-state index contributed by atoms with van der Waals surface area (Å²) < 4.78 is 24.5. The molecule has 0 saturated heterocycles. The molecule has 0 aromatic carbocycles. The molecule has 0 heterocycles. The zero-order valence-electron chi connectivity index (χ0n) is 12.0. The Morgan fingerprint density at radius 2 is 1.81 bits per heavy atom. The van der Waals surface area contributed by atoms with Gasteiger partial charge in [-0.25, -0.2) is 22.7 Å². The van der Waals surface area contributed by atoms with Crippen LogP contribution in [0, 0.1) is 0 Å². The van der Waals surface area contributed by atoms with Crippen LogP contribution in [0.15, 0.2) is 0 Å². The van der Waals surface area contributed by atoms with Crippen molar-refractivity contribution in [2.75, 3.05) is 12.8 Å². The SMILES string of the molecule is CC(C)(CNC(=O)N[C@H](CC(N)=O)C(=O)O)NS(C)(=O)=O. The Hall–Kier alpha value is -1.88. The Balaban J connectivity index is 4.49. The zero-order valence-corrected chi connectivity index (χ0v) is 12.8. The highest BCUT2D eigenvalue weighted by Crippen LogP contribution is 2.02. The molecule has 0 aliphatic carbocycles. The summed E-state index contributed by atoms with van der Waals surface area (Å²) in [5.74, 6) is -2.28. The molecule has 0 aromatic heterocycles. The van der Waals surface area contributed by atoms with Crippen molar-refractivity contribution in [3.05, 3.63) is 0 Å². The summed E-state index contributed by atoms with van der Waals surface area (Å²) in [6.45, 7) is 2.98. The van der Waals surface area contributed by atoms with Gasteiger partial charge < -0.3 is 21.5 Å². The van der Waals surface area contributed by atoms with Crippen LogP contribution < -0.4 is 21.1 Å². The van der Waals surface area contributed by atoms with Crippen molar-refractivity contribution in [1.29, 1.82) is 0 Å². The first-order valence-electron chi connectivity index (χ1n) is 5.87. The lowest BCUT2D eigenvalue weighted by atomic mass is 10.1. The number of rotatable bonds is 8. The Morgan fingerprint density at radius 3 is 2.19 bits per heavy atom. The third-order valence-corrected chi connectivity index (χ3v) is 3.08. The van der Waals surface area contributed by atoms with E-state index in [0.717, 1.165) is 6.26 Å². The zero-order chi connectivity index (χ0) is 16.8. The number of hydrogen-bond acceptors (Lipinski definition) is 5. The first-order chi connectivity index (χ1) is 9.32. The van der Waals surface area contributed by atoms with Crippen LogP contribution in [-0.4, -0.2) is 55.8 Å². The minimum atomic E-state index is -3.46. The number of urea groups is 1. The van der Waals surface area contributed by atoms with Crippen LogP contribution in [0.2, 0.25) is 0 Å². The van der Waals surface area contributed by atoms with Gasteiger partial charge in [0.25, 0.3) is 0 Å². The van der Waals surface area contributed by atoms with Gasteiger partial charge in [-0.3, -0.25) is 4.79 Å². The van der Waals surface area contributed by atoms with Crippen molar-refractivity contribution in [2.45, 2.75) is 31.8 Å². The molecule has 11 heteroatoms. The number of sulfonamides is 1. The van der Waals surface area contributed by atoms with Gasteiger partial charge in [0.05, 0.1) is 12.7 Å². The maximum absolute atomic E-state index is 11.5. The van der Waals surface area contributed by atoms with Crippen molar-refractivity contribution >= 4 is 27.9 Å². The summed E-state index contributed by atoms with van der Waals surface area (Å²) in [7, 11) is -3.46. The second-order valence-corrected chi connectivity index (χ2v) is 6.89. The van der Waals surface area contributed by atoms with Crippen molar-refractivity contribution in [3.63, 3.8) is 0 Å². The highest BCUT2D eigenvalue weighted by atomic mass is 32.2. The lowest BCUT2D eigenvalue weighted by Crippen LogP contribution is -2.54. The number of nitrogens with one attached hydrogen (secondary N) is 3. The van der Waals surface area contributed by atoms with Gasteiger partial charge in [0, 0.05) is 12.1 Å². The number of aliphatic carboxylic acids is 1. The maximum Gasteiger partial charge on any atom is 0.326 e. The summed E-state index contributed by atoms with van der Waals surface area (Å²) in [4.78, 5) is 33.0. The second-order valence-electron chi connectivity index (χ2n) is 5.15. The molecular formula is C10H20N4O6S. The molecule has 0 rings (SSSR count). The average Bonchev–Trinajstić information content (AvgIpc) is 2.21. The number of hydrogen-bond donors (Lipinski definition) is 5. The van der Waals surface area contributed by atoms with Gasteiger partial charge in [0.2, 0.25) is 15.9 Å². The summed E-state index contributed by atoms with van der Waals surface area (Å²) >= 11 is 0. The molecule has 0 fully saturated rings. The molecule has 3 amide bonds. The van der Waals surface area contributed by atoms with Gasteiger partial charge in [-0.2, -0.15) is 0 Å². The number of carboxylic acids is 1. The second kappa shape index (κ2) is 7.22. The molecule has 0 unspecified atom stereocenters. The quantitative estimate of drug-likeness (QED) is 0.344. The standard InChI is InChI=1S/C10H20N4O6S/c1-10(2,14-21(3,19)20)5-12-9(18)13-6(8(16)17)4-7(11)15/h6,14H,4-5H2,1-3H3,(H2,11,15)(H,16,17)(H2,12,13,18)/t6-/m1/s1. The Labute approximate surface area is 122 Å². The molecule has 0 bridgehead atoms. The van der Waals surface area contributed by atoms with Gasteiger partial charge in [0.15, 0.2) is 0 Å².